The molecule has 0 spiro atoms. The van der Waals surface area contributed by atoms with Gasteiger partial charge in [-0.05, 0) is 71.0 Å². The average Bonchev–Trinajstić information content (AvgIpc) is 2.57. The van der Waals surface area contributed by atoms with Crippen LogP contribution in [-0.4, -0.2) is 43.6 Å². The zero-order valence-corrected chi connectivity index (χ0v) is 16.2. The van der Waals surface area contributed by atoms with Gasteiger partial charge in [-0.2, -0.15) is 0 Å². The van der Waals surface area contributed by atoms with Crippen LogP contribution in [0.4, 0.5) is 5.69 Å². The Morgan fingerprint density at radius 3 is 2.40 bits per heavy atom. The first-order valence-corrected chi connectivity index (χ1v) is 9.46. The van der Waals surface area contributed by atoms with E-state index in [9.17, 15) is 0 Å². The van der Waals surface area contributed by atoms with E-state index in [1.165, 1.54) is 32.1 Å². The van der Waals surface area contributed by atoms with Crippen LogP contribution in [0, 0.1) is 5.92 Å². The highest BCUT2D eigenvalue weighted by atomic mass is 16.5. The third kappa shape index (κ3) is 6.58. The number of hydrogen-bond acceptors (Lipinski definition) is 3. The normalized spacial score (nSPS) is 17.8. The molecule has 1 fully saturated rings. The maximum absolute atomic E-state index is 6.09. The summed E-state index contributed by atoms with van der Waals surface area (Å²) in [6.07, 6.45) is 6.86. The zero-order valence-electron chi connectivity index (χ0n) is 16.2. The first-order valence-electron chi connectivity index (χ1n) is 9.46. The number of likely N-dealkylation sites (N-methyl/N-ethyl adjacent to an activating group) is 1. The molecule has 1 unspecified atom stereocenters. The van der Waals surface area contributed by atoms with Gasteiger partial charge in [-0.1, -0.05) is 19.3 Å². The van der Waals surface area contributed by atoms with Gasteiger partial charge >= 0.3 is 0 Å². The van der Waals surface area contributed by atoms with Gasteiger partial charge in [0.15, 0.2) is 5.96 Å². The van der Waals surface area contributed by atoms with Crippen LogP contribution in [0.5, 0.6) is 5.75 Å². The molecular formula is C20H34N4O. The van der Waals surface area contributed by atoms with Crippen molar-refractivity contribution in [2.24, 2.45) is 16.6 Å². The molecule has 1 atom stereocenters. The van der Waals surface area contributed by atoms with E-state index in [-0.39, 0.29) is 6.10 Å². The molecule has 5 heteroatoms. The molecule has 1 aromatic rings. The molecule has 0 aromatic heterocycles. The fourth-order valence-electron chi connectivity index (χ4n) is 3.52. The molecule has 0 aliphatic heterocycles. The number of nitrogens with zero attached hydrogens (tertiary/aromatic N) is 2. The predicted octanol–water partition coefficient (Wildman–Crippen LogP) is 3.71. The molecule has 25 heavy (non-hydrogen) atoms. The quantitative estimate of drug-likeness (QED) is 0.583. The maximum atomic E-state index is 6.09. The number of aliphatic imine (C=N–C) groups is 1. The van der Waals surface area contributed by atoms with E-state index in [1.54, 1.807) is 0 Å². The molecule has 0 radical (unpaired) electrons. The molecule has 0 bridgehead atoms. The predicted molar refractivity (Wildman–Crippen MR) is 106 cm³/mol. The number of anilines is 1. The number of benzene rings is 1. The van der Waals surface area contributed by atoms with Crippen molar-refractivity contribution in [3.05, 3.63) is 24.3 Å². The van der Waals surface area contributed by atoms with Crippen LogP contribution < -0.4 is 15.8 Å². The minimum atomic E-state index is 0.174. The van der Waals surface area contributed by atoms with E-state index < -0.39 is 0 Å². The summed E-state index contributed by atoms with van der Waals surface area (Å²) >= 11 is 0. The first-order chi connectivity index (χ1) is 12.0. The minimum Gasteiger partial charge on any atom is -0.491 e. The Hall–Kier alpha value is -1.75. The Balaban J connectivity index is 1.90. The number of rotatable bonds is 7. The Kier molecular flexibility index (Phi) is 7.56. The highest BCUT2D eigenvalue weighted by Gasteiger charge is 2.25. The van der Waals surface area contributed by atoms with Crippen LogP contribution in [0.15, 0.2) is 29.3 Å². The molecule has 1 aromatic carbocycles. The highest BCUT2D eigenvalue weighted by molar-refractivity contribution is 5.92. The Bertz CT molecular complexity index is 533. The fourth-order valence-corrected chi connectivity index (χ4v) is 3.52. The van der Waals surface area contributed by atoms with Crippen LogP contribution in [0.25, 0.3) is 0 Å². The van der Waals surface area contributed by atoms with Gasteiger partial charge < -0.3 is 20.7 Å². The molecule has 0 heterocycles. The number of nitrogens with one attached hydrogen (secondary N) is 1. The fraction of sp³-hybridized carbons (Fsp3) is 0.650. The van der Waals surface area contributed by atoms with Gasteiger partial charge in [0.2, 0.25) is 0 Å². The summed E-state index contributed by atoms with van der Waals surface area (Å²) in [5.74, 6) is 2.06. The van der Waals surface area contributed by atoms with Gasteiger partial charge in [0.25, 0.3) is 0 Å². The molecule has 2 rings (SSSR count). The second kappa shape index (κ2) is 9.66. The van der Waals surface area contributed by atoms with Crippen LogP contribution in [0.3, 0.4) is 0 Å². The van der Waals surface area contributed by atoms with E-state index in [2.05, 4.69) is 29.3 Å². The molecule has 1 aliphatic rings. The lowest BCUT2D eigenvalue weighted by Gasteiger charge is -2.33. The zero-order chi connectivity index (χ0) is 18.2. The smallest absolute Gasteiger partial charge is 0.193 e. The molecule has 0 amide bonds. The molecule has 1 saturated carbocycles. The van der Waals surface area contributed by atoms with Crippen molar-refractivity contribution >= 4 is 11.6 Å². The van der Waals surface area contributed by atoms with E-state index in [4.69, 9.17) is 10.5 Å². The summed E-state index contributed by atoms with van der Waals surface area (Å²) in [6.45, 7) is 4.78. The monoisotopic (exact) mass is 346 g/mol. The standard InChI is InChI=1S/C20H34N4O/c1-15(2)25-18-12-10-17(11-13-18)23-20(21)22-14-19(24(3)4)16-8-6-5-7-9-16/h10-13,15-16,19H,5-9,14H2,1-4H3,(H3,21,22,23). The molecule has 1 aliphatic carbocycles. The number of nitrogens with two attached hydrogens (primary N) is 1. The lowest BCUT2D eigenvalue weighted by molar-refractivity contribution is 0.176. The van der Waals surface area contributed by atoms with Crippen LogP contribution in [0.2, 0.25) is 0 Å². The van der Waals surface area contributed by atoms with E-state index in [0.29, 0.717) is 12.0 Å². The molecular weight excluding hydrogens is 312 g/mol. The van der Waals surface area contributed by atoms with Crippen molar-refractivity contribution in [1.82, 2.24) is 4.90 Å². The Labute approximate surface area is 152 Å². The first kappa shape index (κ1) is 19.6. The highest BCUT2D eigenvalue weighted by Crippen LogP contribution is 2.28. The van der Waals surface area contributed by atoms with Crippen LogP contribution >= 0.6 is 0 Å². The molecule has 140 valence electrons. The topological polar surface area (TPSA) is 62.9 Å². The minimum absolute atomic E-state index is 0.174. The van der Waals surface area contributed by atoms with Crippen molar-refractivity contribution in [1.29, 1.82) is 0 Å². The van der Waals surface area contributed by atoms with Gasteiger partial charge in [-0.3, -0.25) is 4.99 Å². The summed E-state index contributed by atoms with van der Waals surface area (Å²) in [4.78, 5) is 6.89. The van der Waals surface area contributed by atoms with Crippen molar-refractivity contribution in [2.75, 3.05) is 26.0 Å². The largest absolute Gasteiger partial charge is 0.491 e. The van der Waals surface area contributed by atoms with Gasteiger partial charge in [0, 0.05) is 11.7 Å². The number of guanidine groups is 1. The lowest BCUT2D eigenvalue weighted by Crippen LogP contribution is -2.39. The van der Waals surface area contributed by atoms with Crippen LogP contribution in [0.1, 0.15) is 46.0 Å². The maximum Gasteiger partial charge on any atom is 0.193 e. The summed E-state index contributed by atoms with van der Waals surface area (Å²) in [6, 6.07) is 8.28. The van der Waals surface area contributed by atoms with Crippen LogP contribution in [-0.2, 0) is 0 Å². The SMILES string of the molecule is CC(C)Oc1ccc(NC(N)=NCC(C2CCCCC2)N(C)C)cc1. The van der Waals surface area contributed by atoms with Crippen molar-refractivity contribution in [3.63, 3.8) is 0 Å². The van der Waals surface area contributed by atoms with E-state index in [1.807, 2.05) is 38.1 Å². The van der Waals surface area contributed by atoms with E-state index in [0.717, 1.165) is 23.9 Å². The summed E-state index contributed by atoms with van der Waals surface area (Å²) in [7, 11) is 4.29. The third-order valence-corrected chi connectivity index (χ3v) is 4.80. The van der Waals surface area contributed by atoms with E-state index >= 15 is 0 Å². The van der Waals surface area contributed by atoms with Gasteiger partial charge in [0.05, 0.1) is 12.6 Å². The van der Waals surface area contributed by atoms with Crippen molar-refractivity contribution in [3.8, 4) is 5.75 Å². The van der Waals surface area contributed by atoms with Crippen molar-refractivity contribution in [2.45, 2.75) is 58.1 Å². The average molecular weight is 347 g/mol. The van der Waals surface area contributed by atoms with Gasteiger partial charge in [-0.25, -0.2) is 0 Å². The molecule has 3 N–H and O–H groups in total. The number of hydrogen-bond donors (Lipinski definition) is 2. The Morgan fingerprint density at radius 1 is 1.20 bits per heavy atom. The molecule has 0 saturated heterocycles. The Morgan fingerprint density at radius 2 is 1.84 bits per heavy atom. The summed E-state index contributed by atoms with van der Waals surface area (Å²) in [5, 5.41) is 3.17. The summed E-state index contributed by atoms with van der Waals surface area (Å²) in [5.41, 5.74) is 7.02. The van der Waals surface area contributed by atoms with Crippen molar-refractivity contribution < 1.29 is 4.74 Å². The molecule has 5 nitrogen and oxygen atoms in total. The van der Waals surface area contributed by atoms with Gasteiger partial charge in [-0.15, -0.1) is 0 Å². The number of ether oxygens (including phenoxy) is 1. The third-order valence-electron chi connectivity index (χ3n) is 4.80. The second-order valence-corrected chi connectivity index (χ2v) is 7.47. The summed E-state index contributed by atoms with van der Waals surface area (Å²) < 4.78 is 5.65. The van der Waals surface area contributed by atoms with Gasteiger partial charge in [0.1, 0.15) is 5.75 Å². The second-order valence-electron chi connectivity index (χ2n) is 7.47. The lowest BCUT2D eigenvalue weighted by atomic mass is 9.83.